The van der Waals surface area contributed by atoms with E-state index in [4.69, 9.17) is 11.4 Å². The number of aliphatic hydroxyl groups is 1. The first-order chi connectivity index (χ1) is 13.5. The first kappa shape index (κ1) is 12.9. The predicted molar refractivity (Wildman–Crippen MR) is 94.1 cm³/mol. The van der Waals surface area contributed by atoms with Crippen LogP contribution >= 0.6 is 0 Å². The average Bonchev–Trinajstić information content (AvgIpc) is 2.87. The lowest BCUT2D eigenvalue weighted by Crippen LogP contribution is -2.51. The molecule has 142 valence electrons. The van der Waals surface area contributed by atoms with Crippen molar-refractivity contribution in [1.82, 2.24) is 0 Å². The summed E-state index contributed by atoms with van der Waals surface area (Å²) in [5, 5.41) is 10.6. The molecular weight excluding hydrogens is 340 g/mol. The van der Waals surface area contributed by atoms with Crippen LogP contribution in [0.4, 0.5) is 0 Å². The van der Waals surface area contributed by atoms with E-state index in [-0.39, 0.29) is 41.3 Å². The van der Waals surface area contributed by atoms with Crippen LogP contribution in [0, 0.1) is 28.6 Å². The first-order valence-electron chi connectivity index (χ1n) is 11.6. The minimum absolute atomic E-state index is 0.0405. The van der Waals surface area contributed by atoms with Crippen molar-refractivity contribution in [2.45, 2.75) is 77.3 Å². The second-order valence-electron chi connectivity index (χ2n) is 8.60. The summed E-state index contributed by atoms with van der Waals surface area (Å²) >= 11 is 0. The molecule has 0 saturated heterocycles. The van der Waals surface area contributed by atoms with Crippen molar-refractivity contribution < 1.29 is 29.1 Å². The van der Waals surface area contributed by atoms with Crippen LogP contribution in [-0.2, 0) is 14.6 Å². The van der Waals surface area contributed by atoms with Crippen LogP contribution in [0.5, 0.6) is 0 Å². The summed E-state index contributed by atoms with van der Waals surface area (Å²) in [6.45, 7) is 3.92. The van der Waals surface area contributed by atoms with Gasteiger partial charge in [0.2, 0.25) is 0 Å². The van der Waals surface area contributed by atoms with Gasteiger partial charge in [0.15, 0.2) is 0 Å². The quantitative estimate of drug-likeness (QED) is 0.570. The highest BCUT2D eigenvalue weighted by atomic mass is 32.3. The van der Waals surface area contributed by atoms with Crippen LogP contribution in [0.15, 0.2) is 11.6 Å². The highest BCUT2D eigenvalue weighted by molar-refractivity contribution is 7.80. The molecule has 7 atom stereocenters. The molecule has 0 heterocycles. The molecule has 0 spiro atoms. The maximum absolute atomic E-state index is 11.4. The van der Waals surface area contributed by atoms with E-state index >= 15 is 0 Å². The Balaban J connectivity index is 1.81. The number of hydrogen-bond donors (Lipinski definition) is 2. The molecular formula is C19H30O5S. The summed E-state index contributed by atoms with van der Waals surface area (Å²) in [5.74, 6) is 0.387. The van der Waals surface area contributed by atoms with E-state index in [1.807, 2.05) is 6.92 Å². The van der Waals surface area contributed by atoms with Crippen LogP contribution < -0.4 is 0 Å². The van der Waals surface area contributed by atoms with Crippen molar-refractivity contribution in [3.63, 3.8) is 0 Å². The Bertz CT molecular complexity index is 892. The molecule has 0 aromatic rings. The van der Waals surface area contributed by atoms with Crippen molar-refractivity contribution in [2.24, 2.45) is 28.6 Å². The number of fused-ring (bicyclic) bond motifs is 5. The molecule has 0 radical (unpaired) electrons. The Morgan fingerprint density at radius 2 is 2.04 bits per heavy atom. The van der Waals surface area contributed by atoms with Gasteiger partial charge in [0.05, 0.1) is 13.6 Å². The maximum atomic E-state index is 11.4. The number of aliphatic hydroxyl groups excluding tert-OH is 1. The van der Waals surface area contributed by atoms with Crippen LogP contribution in [0.25, 0.3) is 0 Å². The lowest BCUT2D eigenvalue weighted by Gasteiger charge is -2.57. The van der Waals surface area contributed by atoms with Gasteiger partial charge in [-0.05, 0) is 79.9 Å². The third kappa shape index (κ3) is 2.80. The topological polar surface area (TPSA) is 83.8 Å². The minimum atomic E-state index is -5.25. The van der Waals surface area contributed by atoms with E-state index in [1.165, 1.54) is 0 Å². The lowest BCUT2D eigenvalue weighted by molar-refractivity contribution is -0.0703. The van der Waals surface area contributed by atoms with Crippen molar-refractivity contribution in [3.05, 3.63) is 11.6 Å². The van der Waals surface area contributed by atoms with Gasteiger partial charge >= 0.3 is 10.4 Å². The zero-order valence-corrected chi connectivity index (χ0v) is 15.5. The largest absolute Gasteiger partial charge is 0.397 e. The molecule has 6 heteroatoms. The Kier molecular flexibility index (Phi) is 2.98. The van der Waals surface area contributed by atoms with Crippen molar-refractivity contribution in [3.8, 4) is 0 Å². The van der Waals surface area contributed by atoms with Crippen LogP contribution in [-0.4, -0.2) is 30.3 Å². The van der Waals surface area contributed by atoms with Gasteiger partial charge < -0.3 is 5.11 Å². The second kappa shape index (κ2) is 5.78. The summed E-state index contributed by atoms with van der Waals surface area (Å²) < 4.78 is 78.9. The molecule has 0 amide bonds. The molecule has 4 rings (SSSR count). The van der Waals surface area contributed by atoms with Crippen molar-refractivity contribution in [2.75, 3.05) is 0 Å². The van der Waals surface area contributed by atoms with E-state index in [1.54, 1.807) is 6.08 Å². The fourth-order valence-corrected chi connectivity index (χ4v) is 6.38. The summed E-state index contributed by atoms with van der Waals surface area (Å²) in [4.78, 5) is 0. The van der Waals surface area contributed by atoms with Gasteiger partial charge in [0.1, 0.15) is 0 Å². The molecule has 3 saturated carbocycles. The molecule has 25 heavy (non-hydrogen) atoms. The van der Waals surface area contributed by atoms with E-state index in [0.29, 0.717) is 12.8 Å². The molecule has 5 nitrogen and oxygen atoms in total. The van der Waals surface area contributed by atoms with E-state index in [0.717, 1.165) is 19.3 Å². The fraction of sp³-hybridized carbons (Fsp3) is 0.895. The van der Waals surface area contributed by atoms with Crippen molar-refractivity contribution >= 4 is 10.4 Å². The second-order valence-corrected chi connectivity index (χ2v) is 9.63. The van der Waals surface area contributed by atoms with Crippen LogP contribution in [0.3, 0.4) is 0 Å². The first-order valence-corrected chi connectivity index (χ1v) is 10.4. The summed E-state index contributed by atoms with van der Waals surface area (Å²) in [6, 6.07) is 0. The monoisotopic (exact) mass is 375 g/mol. The predicted octanol–water partition coefficient (Wildman–Crippen LogP) is 3.50. The van der Waals surface area contributed by atoms with Crippen LogP contribution in [0.1, 0.15) is 72.0 Å². The Morgan fingerprint density at radius 1 is 1.28 bits per heavy atom. The standard InChI is InChI=1S/C19H30O5S/c1-18-9-7-13(24-25(21,22)23)11-12(18)3-4-14-15-5-6-17(20)19(15,2)10-8-16(14)18/h3,13-17,20H,4-11H2,1-2H3,(H,21,22,23)/t13-,14-,15-,16-,17+,18-,19-/m0/s1/i7D2,11D2,13D. The van der Waals surface area contributed by atoms with Gasteiger partial charge in [0, 0.05) is 5.48 Å². The highest BCUT2D eigenvalue weighted by Gasteiger charge is 2.58. The van der Waals surface area contributed by atoms with E-state index in [9.17, 15) is 13.5 Å². The molecule has 2 N–H and O–H groups in total. The lowest BCUT2D eigenvalue weighted by atomic mass is 9.48. The SMILES string of the molecule is [2H]C1([2H])C[C@@]2(C)C(=CC[C@H]3[C@@H]4CC[C@@H](O)[C@@]4(C)CC[C@@H]32)C([2H])([2H])[C@@]1([2H])OS(=O)(=O)O. The molecule has 4 aliphatic rings. The third-order valence-corrected chi connectivity index (χ3v) is 7.85. The highest BCUT2D eigenvalue weighted by Crippen LogP contribution is 2.64. The van der Waals surface area contributed by atoms with E-state index < -0.39 is 34.6 Å². The van der Waals surface area contributed by atoms with Gasteiger partial charge in [-0.3, -0.25) is 4.55 Å². The molecule has 0 aromatic heterocycles. The van der Waals surface area contributed by atoms with Gasteiger partial charge in [-0.15, -0.1) is 0 Å². The van der Waals surface area contributed by atoms with Gasteiger partial charge in [-0.1, -0.05) is 25.5 Å². The van der Waals surface area contributed by atoms with Gasteiger partial charge in [-0.2, -0.15) is 8.42 Å². The van der Waals surface area contributed by atoms with Gasteiger partial charge in [0.25, 0.3) is 0 Å². The summed E-state index contributed by atoms with van der Waals surface area (Å²) in [6.07, 6.45) is -3.90. The minimum Gasteiger partial charge on any atom is -0.393 e. The zero-order chi connectivity index (χ0) is 22.5. The number of hydrogen-bond acceptors (Lipinski definition) is 4. The Hall–Kier alpha value is -0.430. The zero-order valence-electron chi connectivity index (χ0n) is 19.7. The van der Waals surface area contributed by atoms with E-state index in [2.05, 4.69) is 11.1 Å². The van der Waals surface area contributed by atoms with Crippen molar-refractivity contribution in [1.29, 1.82) is 0 Å². The molecule has 4 aliphatic carbocycles. The summed E-state index contributed by atoms with van der Waals surface area (Å²) in [5.41, 5.74) is -0.923. The van der Waals surface area contributed by atoms with Gasteiger partial charge in [-0.25, -0.2) is 4.18 Å². The average molecular weight is 376 g/mol. The maximum Gasteiger partial charge on any atom is 0.397 e. The molecule has 0 bridgehead atoms. The van der Waals surface area contributed by atoms with Crippen LogP contribution in [0.2, 0.25) is 0 Å². The smallest absolute Gasteiger partial charge is 0.393 e. The Morgan fingerprint density at radius 3 is 2.76 bits per heavy atom. The molecule has 3 fully saturated rings. The molecule has 0 unspecified atom stereocenters. The molecule has 0 aliphatic heterocycles. The normalized spacial score (nSPS) is 59.7. The summed E-state index contributed by atoms with van der Waals surface area (Å²) in [7, 11) is -5.25. The number of allylic oxidation sites excluding steroid dienone is 1. The molecule has 0 aromatic carbocycles. The number of rotatable bonds is 2. The fourth-order valence-electron chi connectivity index (χ4n) is 6.07. The third-order valence-electron chi connectivity index (χ3n) is 7.47. The Labute approximate surface area is 157 Å².